The summed E-state index contributed by atoms with van der Waals surface area (Å²) >= 11 is 12.9. The molecule has 0 fully saturated rings. The highest BCUT2D eigenvalue weighted by atomic mass is 35.5. The molecule has 100 valence electrons. The Hall–Kier alpha value is -1.30. The highest BCUT2D eigenvalue weighted by Gasteiger charge is 2.19. The lowest BCUT2D eigenvalue weighted by atomic mass is 10.2. The summed E-state index contributed by atoms with van der Waals surface area (Å²) in [5.41, 5.74) is 1.02. The van der Waals surface area contributed by atoms with Gasteiger partial charge in [0.2, 0.25) is 0 Å². The second-order valence-corrected chi connectivity index (χ2v) is 5.35. The summed E-state index contributed by atoms with van der Waals surface area (Å²) in [6.45, 7) is 1.92. The maximum atomic E-state index is 11.4. The van der Waals surface area contributed by atoms with E-state index < -0.39 is 5.97 Å². The van der Waals surface area contributed by atoms with E-state index in [2.05, 4.69) is 9.72 Å². The summed E-state index contributed by atoms with van der Waals surface area (Å²) in [6, 6.07) is 5.36. The molecular weight excluding hydrogens is 309 g/mol. The van der Waals surface area contributed by atoms with Gasteiger partial charge in [-0.1, -0.05) is 40.6 Å². The van der Waals surface area contributed by atoms with E-state index in [1.165, 1.54) is 7.11 Å². The fraction of sp³-hybridized carbons (Fsp3) is 0.167. The molecule has 0 aliphatic heterocycles. The van der Waals surface area contributed by atoms with E-state index in [4.69, 9.17) is 27.9 Å². The third kappa shape index (κ3) is 3.18. The molecule has 1 aromatic carbocycles. The fourth-order valence-corrected chi connectivity index (χ4v) is 2.66. The van der Waals surface area contributed by atoms with Crippen LogP contribution in [0.3, 0.4) is 0 Å². The van der Waals surface area contributed by atoms with Crippen molar-refractivity contribution < 1.29 is 14.3 Å². The van der Waals surface area contributed by atoms with E-state index in [0.29, 0.717) is 10.8 Å². The minimum absolute atomic E-state index is 0.0510. The second kappa shape index (κ2) is 5.77. The Labute approximate surface area is 123 Å². The lowest BCUT2D eigenvalue weighted by Crippen LogP contribution is -1.98. The van der Waals surface area contributed by atoms with Crippen LogP contribution < -0.4 is 4.74 Å². The van der Waals surface area contributed by atoms with Crippen molar-refractivity contribution in [3.63, 3.8) is 0 Å². The first-order chi connectivity index (χ1) is 9.01. The average Bonchev–Trinajstić information content (AvgIpc) is 2.73. The molecule has 4 nitrogen and oxygen atoms in total. The van der Waals surface area contributed by atoms with Gasteiger partial charge in [-0.15, -0.1) is 0 Å². The Morgan fingerprint density at radius 1 is 1.37 bits per heavy atom. The lowest BCUT2D eigenvalue weighted by molar-refractivity contribution is 0.0606. The third-order valence-corrected chi connectivity index (χ3v) is 3.82. The number of carbonyl (C=O) groups is 1. The molecule has 0 saturated heterocycles. The first kappa shape index (κ1) is 14.1. The summed E-state index contributed by atoms with van der Waals surface area (Å²) in [7, 11) is 1.27. The van der Waals surface area contributed by atoms with Crippen LogP contribution in [0.2, 0.25) is 10.2 Å². The summed E-state index contributed by atoms with van der Waals surface area (Å²) in [5, 5.41) is 0.747. The summed E-state index contributed by atoms with van der Waals surface area (Å²) in [6.07, 6.45) is 0. The minimum Gasteiger partial charge on any atom is -0.465 e. The van der Waals surface area contributed by atoms with Crippen LogP contribution in [0.25, 0.3) is 0 Å². The van der Waals surface area contributed by atoms with E-state index in [9.17, 15) is 4.79 Å². The second-order valence-electron chi connectivity index (χ2n) is 3.63. The zero-order valence-electron chi connectivity index (χ0n) is 10.1. The van der Waals surface area contributed by atoms with Gasteiger partial charge in [0.05, 0.1) is 12.1 Å². The molecular formula is C12H9Cl2NO3S. The van der Waals surface area contributed by atoms with Gasteiger partial charge in [-0.05, 0) is 24.6 Å². The number of thiazole rings is 1. The smallest absolute Gasteiger partial charge is 0.351 e. The van der Waals surface area contributed by atoms with Gasteiger partial charge in [0.25, 0.3) is 5.19 Å². The molecule has 2 aromatic rings. The van der Waals surface area contributed by atoms with Gasteiger partial charge in [-0.3, -0.25) is 0 Å². The molecule has 0 bridgehead atoms. The monoisotopic (exact) mass is 317 g/mol. The van der Waals surface area contributed by atoms with Crippen LogP contribution in [-0.2, 0) is 4.74 Å². The quantitative estimate of drug-likeness (QED) is 0.790. The number of ether oxygens (including phenoxy) is 2. The maximum Gasteiger partial charge on any atom is 0.351 e. The lowest BCUT2D eigenvalue weighted by Gasteiger charge is -2.04. The van der Waals surface area contributed by atoms with Gasteiger partial charge < -0.3 is 9.47 Å². The molecule has 0 aliphatic rings. The number of methoxy groups -OCH3 is 1. The summed E-state index contributed by atoms with van der Waals surface area (Å²) in [5.74, 6) is -0.0959. The van der Waals surface area contributed by atoms with Gasteiger partial charge in [0, 0.05) is 0 Å². The van der Waals surface area contributed by atoms with E-state index >= 15 is 0 Å². The molecule has 0 atom stereocenters. The topological polar surface area (TPSA) is 48.4 Å². The molecule has 7 heteroatoms. The Bertz CT molecular complexity index is 627. The van der Waals surface area contributed by atoms with Gasteiger partial charge in [-0.2, -0.15) is 4.98 Å². The summed E-state index contributed by atoms with van der Waals surface area (Å²) < 4.78 is 10.1. The van der Waals surface area contributed by atoms with E-state index in [-0.39, 0.29) is 15.2 Å². The highest BCUT2D eigenvalue weighted by Crippen LogP contribution is 2.35. The Kier molecular flexibility index (Phi) is 4.29. The molecule has 0 aliphatic carbocycles. The Morgan fingerprint density at radius 3 is 2.74 bits per heavy atom. The molecule has 19 heavy (non-hydrogen) atoms. The number of nitrogens with zero attached hydrogens (tertiary/aromatic N) is 1. The van der Waals surface area contributed by atoms with Crippen molar-refractivity contribution >= 4 is 40.5 Å². The van der Waals surface area contributed by atoms with Gasteiger partial charge in [-0.25, -0.2) is 4.79 Å². The Morgan fingerprint density at radius 2 is 2.11 bits per heavy atom. The highest BCUT2D eigenvalue weighted by molar-refractivity contribution is 7.15. The zero-order chi connectivity index (χ0) is 14.0. The van der Waals surface area contributed by atoms with Crippen molar-refractivity contribution in [3.8, 4) is 10.9 Å². The van der Waals surface area contributed by atoms with Crippen molar-refractivity contribution in [2.75, 3.05) is 7.11 Å². The molecule has 1 aromatic heterocycles. The number of carbonyl (C=O) groups excluding carboxylic acids is 1. The molecule has 2 rings (SSSR count). The molecule has 0 saturated carbocycles. The number of halogens is 2. The average molecular weight is 318 g/mol. The minimum atomic E-state index is -0.549. The maximum absolute atomic E-state index is 11.4. The number of aromatic nitrogens is 1. The number of aryl methyl sites for hydroxylation is 1. The van der Waals surface area contributed by atoms with Crippen LogP contribution in [-0.4, -0.2) is 18.1 Å². The SMILES string of the molecule is COC(=O)c1sc(Oc2ccc(C)cc2Cl)nc1Cl. The number of rotatable bonds is 3. The molecule has 0 unspecified atom stereocenters. The van der Waals surface area contributed by atoms with Crippen molar-refractivity contribution in [2.45, 2.75) is 6.92 Å². The van der Waals surface area contributed by atoms with Crippen LogP contribution in [0, 0.1) is 6.92 Å². The van der Waals surface area contributed by atoms with E-state index in [1.54, 1.807) is 12.1 Å². The molecule has 1 heterocycles. The van der Waals surface area contributed by atoms with Gasteiger partial charge in [0.1, 0.15) is 5.75 Å². The first-order valence-electron chi connectivity index (χ1n) is 5.20. The molecule has 0 spiro atoms. The van der Waals surface area contributed by atoms with Crippen molar-refractivity contribution in [3.05, 3.63) is 38.8 Å². The van der Waals surface area contributed by atoms with Crippen molar-refractivity contribution in [1.82, 2.24) is 4.98 Å². The predicted octanol–water partition coefficient (Wildman–Crippen LogP) is 4.34. The largest absolute Gasteiger partial charge is 0.465 e. The van der Waals surface area contributed by atoms with Crippen LogP contribution in [0.4, 0.5) is 0 Å². The Balaban J connectivity index is 2.26. The number of hydrogen-bond donors (Lipinski definition) is 0. The first-order valence-corrected chi connectivity index (χ1v) is 6.77. The van der Waals surface area contributed by atoms with E-state index in [1.807, 2.05) is 13.0 Å². The molecule has 0 radical (unpaired) electrons. The summed E-state index contributed by atoms with van der Waals surface area (Å²) in [4.78, 5) is 15.5. The van der Waals surface area contributed by atoms with Crippen LogP contribution in [0.15, 0.2) is 18.2 Å². The van der Waals surface area contributed by atoms with Crippen LogP contribution in [0.1, 0.15) is 15.2 Å². The number of benzene rings is 1. The molecule has 0 amide bonds. The zero-order valence-corrected chi connectivity index (χ0v) is 12.4. The number of esters is 1. The predicted molar refractivity (Wildman–Crippen MR) is 74.7 cm³/mol. The molecule has 0 N–H and O–H groups in total. The normalized spacial score (nSPS) is 10.3. The van der Waals surface area contributed by atoms with Gasteiger partial charge >= 0.3 is 5.97 Å². The third-order valence-electron chi connectivity index (χ3n) is 2.22. The van der Waals surface area contributed by atoms with Crippen LogP contribution >= 0.6 is 34.5 Å². The van der Waals surface area contributed by atoms with Crippen molar-refractivity contribution in [2.24, 2.45) is 0 Å². The van der Waals surface area contributed by atoms with Crippen LogP contribution in [0.5, 0.6) is 10.9 Å². The standard InChI is InChI=1S/C12H9Cl2NO3S/c1-6-3-4-8(7(13)5-6)18-12-15-10(14)9(19-12)11(16)17-2/h3-5H,1-2H3. The van der Waals surface area contributed by atoms with E-state index in [0.717, 1.165) is 16.9 Å². The van der Waals surface area contributed by atoms with Gasteiger partial charge in [0.15, 0.2) is 10.0 Å². The fourth-order valence-electron chi connectivity index (χ4n) is 1.33. The number of hydrogen-bond acceptors (Lipinski definition) is 5. The van der Waals surface area contributed by atoms with Crippen molar-refractivity contribution in [1.29, 1.82) is 0 Å².